The van der Waals surface area contributed by atoms with Crippen LogP contribution in [-0.4, -0.2) is 139 Å². The molecular weight excluding hydrogens is 400 g/mol. The summed E-state index contributed by atoms with van der Waals surface area (Å²) in [5.41, 5.74) is 1.66. The van der Waals surface area contributed by atoms with Gasteiger partial charge in [-0.1, -0.05) is 19.3 Å². The molecule has 2 rings (SSSR count). The number of carbonyl (C=O) groups is 1. The van der Waals surface area contributed by atoms with Crippen LogP contribution in [0.5, 0.6) is 0 Å². The first-order valence-electron chi connectivity index (χ1n) is 6.58. The fourth-order valence-corrected chi connectivity index (χ4v) is 5.15. The average molecular weight is 420 g/mol. The van der Waals surface area contributed by atoms with Gasteiger partial charge in [0.2, 0.25) is 0 Å². The van der Waals surface area contributed by atoms with Crippen molar-refractivity contribution in [1.82, 2.24) is 5.43 Å². The molecule has 1 aliphatic heterocycles. The van der Waals surface area contributed by atoms with Gasteiger partial charge in [-0.3, -0.25) is 19.4 Å². The molecule has 1 heterocycles. The zero-order valence-electron chi connectivity index (χ0n) is 11.2. The molecule has 0 bridgehead atoms. The van der Waals surface area contributed by atoms with Gasteiger partial charge in [0.25, 0.3) is 5.02 Å². The van der Waals surface area contributed by atoms with Crippen LogP contribution in [0.1, 0.15) is 38.5 Å². The van der Waals surface area contributed by atoms with Crippen molar-refractivity contribution in [3.8, 4) is 0 Å². The topological polar surface area (TPSA) is 157 Å². The Morgan fingerprint density at radius 1 is 1.04 bits per heavy atom. The minimum absolute atomic E-state index is 0. The number of nitrogens with one attached hydrogen (secondary N) is 1. The molecule has 0 spiro atoms. The van der Waals surface area contributed by atoms with E-state index < -0.39 is 26.6 Å². The second kappa shape index (κ2) is 9.77. The number of rotatable bonds is 4. The van der Waals surface area contributed by atoms with E-state index in [1.165, 1.54) is 0 Å². The second-order valence-electron chi connectivity index (χ2n) is 5.45. The summed E-state index contributed by atoms with van der Waals surface area (Å²) in [6.45, 7) is 0. The molecule has 2 aliphatic rings. The van der Waals surface area contributed by atoms with Crippen molar-refractivity contribution in [3.63, 3.8) is 0 Å². The molecule has 0 aromatic heterocycles. The Bertz CT molecular complexity index is 546. The van der Waals surface area contributed by atoms with E-state index in [-0.39, 0.29) is 120 Å². The van der Waals surface area contributed by atoms with Crippen LogP contribution in [0.2, 0.25) is 0 Å². The Kier molecular flexibility index (Phi) is 10.9. The standard InChI is InChI=1S/C10H18N2O7P2.2K.2H/c13-9(7-4-2-1-3-5-7)8-6-10(12-11-8,20(14,15)16)21(17,18)19;;;;/h7,12H,1-6H2,(H2,14,15,16)(H2,17,18,19);;;;. The van der Waals surface area contributed by atoms with Gasteiger partial charge in [0.15, 0.2) is 5.78 Å². The van der Waals surface area contributed by atoms with Gasteiger partial charge in [-0.25, -0.2) is 0 Å². The number of hydrogen-bond acceptors (Lipinski definition) is 5. The number of nitrogens with zero attached hydrogens (tertiary/aromatic N) is 1. The van der Waals surface area contributed by atoms with Crippen LogP contribution >= 0.6 is 15.2 Å². The molecule has 9 nitrogen and oxygen atoms in total. The van der Waals surface area contributed by atoms with Crippen molar-refractivity contribution in [3.05, 3.63) is 0 Å². The van der Waals surface area contributed by atoms with Gasteiger partial charge in [0.1, 0.15) is 5.71 Å². The third-order valence-corrected chi connectivity index (χ3v) is 8.01. The van der Waals surface area contributed by atoms with Gasteiger partial charge in [0, 0.05) is 12.3 Å². The van der Waals surface area contributed by atoms with Crippen LogP contribution in [0.15, 0.2) is 5.10 Å². The molecule has 13 heteroatoms. The minimum atomic E-state index is -5.22. The van der Waals surface area contributed by atoms with Crippen LogP contribution < -0.4 is 5.43 Å². The molecule has 1 fully saturated rings. The zero-order valence-corrected chi connectivity index (χ0v) is 13.0. The normalized spacial score (nSPS) is 21.5. The van der Waals surface area contributed by atoms with Crippen molar-refractivity contribution < 1.29 is 33.5 Å². The van der Waals surface area contributed by atoms with Gasteiger partial charge in [-0.2, -0.15) is 5.10 Å². The molecule has 0 unspecified atom stereocenters. The molecule has 0 aromatic carbocycles. The van der Waals surface area contributed by atoms with E-state index in [0.717, 1.165) is 19.3 Å². The molecule has 124 valence electrons. The SMILES string of the molecule is O=C(C1=NNC(P(=O)(O)O)(P(=O)(O)O)C1)C1CCCCC1.[KH].[KH]. The Labute approximate surface area is 219 Å². The summed E-state index contributed by atoms with van der Waals surface area (Å²) in [4.78, 5) is 49.4. The summed E-state index contributed by atoms with van der Waals surface area (Å²) in [6.07, 6.45) is 3.37. The number of ketones is 1. The molecule has 0 amide bonds. The van der Waals surface area contributed by atoms with E-state index >= 15 is 0 Å². The zero-order chi connectivity index (χ0) is 15.9. The maximum atomic E-state index is 12.3. The predicted octanol–water partition coefficient (Wildman–Crippen LogP) is -0.803. The van der Waals surface area contributed by atoms with Crippen molar-refractivity contribution in [1.29, 1.82) is 0 Å². The van der Waals surface area contributed by atoms with E-state index in [9.17, 15) is 33.5 Å². The Balaban J connectivity index is 0.00000242. The van der Waals surface area contributed by atoms with Gasteiger partial charge < -0.3 is 19.6 Å². The van der Waals surface area contributed by atoms with Gasteiger partial charge in [-0.05, 0) is 12.8 Å². The summed E-state index contributed by atoms with van der Waals surface area (Å²) in [5.74, 6) is -0.672. The Hall–Kier alpha value is 2.71. The van der Waals surface area contributed by atoms with Crippen LogP contribution in [0.4, 0.5) is 0 Å². The van der Waals surface area contributed by atoms with Crippen molar-refractivity contribution in [2.75, 3.05) is 0 Å². The summed E-state index contributed by atoms with van der Waals surface area (Å²) in [7, 11) is -10.4. The number of Topliss-reactive ketones (excluding diaryl/α,β-unsaturated/α-hetero) is 1. The fourth-order valence-electron chi connectivity index (χ4n) is 2.72. The number of hydrogen-bond donors (Lipinski definition) is 5. The van der Waals surface area contributed by atoms with Gasteiger partial charge >= 0.3 is 118 Å². The maximum absolute atomic E-state index is 12.3. The summed E-state index contributed by atoms with van der Waals surface area (Å²) in [6, 6.07) is 0. The van der Waals surface area contributed by atoms with E-state index in [1.807, 2.05) is 5.43 Å². The van der Waals surface area contributed by atoms with Crippen LogP contribution in [-0.2, 0) is 13.9 Å². The van der Waals surface area contributed by atoms with E-state index in [1.54, 1.807) is 0 Å². The predicted molar refractivity (Wildman–Crippen MR) is 87.9 cm³/mol. The Morgan fingerprint density at radius 3 is 1.91 bits per heavy atom. The summed E-state index contributed by atoms with van der Waals surface area (Å²) >= 11 is 0. The quantitative estimate of drug-likeness (QED) is 0.292. The first kappa shape index (κ1) is 25.7. The molecule has 0 radical (unpaired) electrons. The molecule has 5 N–H and O–H groups in total. The number of carbonyl (C=O) groups excluding carboxylic acids is 1. The molecular formula is C10H20K2N2O7P2. The van der Waals surface area contributed by atoms with Crippen molar-refractivity contribution >= 4 is 129 Å². The molecule has 0 aromatic rings. The van der Waals surface area contributed by atoms with E-state index in [4.69, 9.17) is 0 Å². The van der Waals surface area contributed by atoms with E-state index in [2.05, 4.69) is 5.10 Å². The third kappa shape index (κ3) is 5.60. The van der Waals surface area contributed by atoms with Crippen LogP contribution in [0.25, 0.3) is 0 Å². The molecule has 0 saturated heterocycles. The average Bonchev–Trinajstić information content (AvgIpc) is 2.84. The van der Waals surface area contributed by atoms with Crippen LogP contribution in [0.3, 0.4) is 0 Å². The first-order valence-corrected chi connectivity index (χ1v) is 9.80. The second-order valence-corrected chi connectivity index (χ2v) is 9.51. The molecule has 1 saturated carbocycles. The number of hydrazone groups is 1. The van der Waals surface area contributed by atoms with Crippen LogP contribution in [0, 0.1) is 5.92 Å². The molecule has 1 aliphatic carbocycles. The van der Waals surface area contributed by atoms with Gasteiger partial charge in [0.05, 0.1) is 0 Å². The van der Waals surface area contributed by atoms with E-state index in [0.29, 0.717) is 12.8 Å². The summed E-state index contributed by atoms with van der Waals surface area (Å²) in [5, 5.41) is 0.710. The van der Waals surface area contributed by atoms with Gasteiger partial charge in [-0.15, -0.1) is 0 Å². The molecule has 0 atom stereocenters. The summed E-state index contributed by atoms with van der Waals surface area (Å²) < 4.78 is 23.0. The fraction of sp³-hybridized carbons (Fsp3) is 0.800. The van der Waals surface area contributed by atoms with Crippen molar-refractivity contribution in [2.45, 2.75) is 43.5 Å². The Morgan fingerprint density at radius 2 is 1.52 bits per heavy atom. The monoisotopic (exact) mass is 420 g/mol. The first-order chi connectivity index (χ1) is 9.58. The molecule has 23 heavy (non-hydrogen) atoms. The third-order valence-electron chi connectivity index (χ3n) is 4.01. The van der Waals surface area contributed by atoms with Crippen molar-refractivity contribution in [2.24, 2.45) is 11.0 Å².